The van der Waals surface area contributed by atoms with Crippen molar-refractivity contribution >= 4 is 28.3 Å². The second kappa shape index (κ2) is 7.33. The van der Waals surface area contributed by atoms with Gasteiger partial charge in [-0.1, -0.05) is 34.1 Å². The summed E-state index contributed by atoms with van der Waals surface area (Å²) in [6, 6.07) is 8.05. The van der Waals surface area contributed by atoms with Gasteiger partial charge in [-0.25, -0.2) is 0 Å². The van der Waals surface area contributed by atoms with Crippen LogP contribution in [0, 0.1) is 0 Å². The molecule has 0 aliphatic rings. The summed E-state index contributed by atoms with van der Waals surface area (Å²) in [5.74, 6) is 0. The number of hydrogen-bond donors (Lipinski definition) is 2. The fourth-order valence-corrected chi connectivity index (χ4v) is 1.37. The molecule has 0 aromatic heterocycles. The molecule has 0 spiro atoms. The lowest BCUT2D eigenvalue weighted by molar-refractivity contribution is 0.292. The standard InChI is InChI=1S/C9H12BrNO.ClH/c10-9-4-2-1-3-8(9)7-11-5-6-12;/h1-4,11-12H,5-7H2;1H. The molecule has 74 valence electrons. The first-order chi connectivity index (χ1) is 5.84. The number of aliphatic hydroxyl groups is 1. The summed E-state index contributed by atoms with van der Waals surface area (Å²) in [4.78, 5) is 0. The van der Waals surface area contributed by atoms with Crippen LogP contribution in [0.3, 0.4) is 0 Å². The SMILES string of the molecule is Cl.OCCNCc1ccccc1Br. The molecule has 0 atom stereocenters. The average Bonchev–Trinajstić information content (AvgIpc) is 2.09. The second-order valence-electron chi connectivity index (χ2n) is 2.49. The molecule has 0 aliphatic heterocycles. The van der Waals surface area contributed by atoms with Crippen molar-refractivity contribution in [1.29, 1.82) is 0 Å². The molecule has 0 radical (unpaired) electrons. The predicted octanol–water partition coefficient (Wildman–Crippen LogP) is 1.95. The molecule has 0 aliphatic carbocycles. The first-order valence-corrected chi connectivity index (χ1v) is 4.69. The van der Waals surface area contributed by atoms with Gasteiger partial charge in [-0.2, -0.15) is 0 Å². The third-order valence-electron chi connectivity index (χ3n) is 1.56. The van der Waals surface area contributed by atoms with Gasteiger partial charge >= 0.3 is 0 Å². The Kier molecular flexibility index (Phi) is 7.28. The van der Waals surface area contributed by atoms with E-state index in [0.29, 0.717) is 6.54 Å². The quantitative estimate of drug-likeness (QED) is 0.817. The third-order valence-corrected chi connectivity index (χ3v) is 2.34. The van der Waals surface area contributed by atoms with E-state index in [-0.39, 0.29) is 19.0 Å². The number of rotatable bonds is 4. The summed E-state index contributed by atoms with van der Waals surface area (Å²) in [5, 5.41) is 11.7. The number of benzene rings is 1. The van der Waals surface area contributed by atoms with Gasteiger partial charge in [0.2, 0.25) is 0 Å². The Bertz CT molecular complexity index is 245. The van der Waals surface area contributed by atoms with Crippen LogP contribution in [-0.2, 0) is 6.54 Å². The third kappa shape index (κ3) is 4.62. The Morgan fingerprint density at radius 3 is 2.62 bits per heavy atom. The molecule has 0 fully saturated rings. The van der Waals surface area contributed by atoms with E-state index in [0.717, 1.165) is 11.0 Å². The number of aliphatic hydroxyl groups excluding tert-OH is 1. The van der Waals surface area contributed by atoms with Crippen molar-refractivity contribution in [2.24, 2.45) is 0 Å². The molecule has 0 saturated heterocycles. The largest absolute Gasteiger partial charge is 0.395 e. The van der Waals surface area contributed by atoms with E-state index in [1.165, 1.54) is 5.56 Å². The van der Waals surface area contributed by atoms with Gasteiger partial charge in [-0.05, 0) is 11.6 Å². The summed E-state index contributed by atoms with van der Waals surface area (Å²) in [7, 11) is 0. The molecule has 0 amide bonds. The smallest absolute Gasteiger partial charge is 0.0556 e. The van der Waals surface area contributed by atoms with Crippen molar-refractivity contribution in [3.8, 4) is 0 Å². The molecule has 2 N–H and O–H groups in total. The van der Waals surface area contributed by atoms with Crippen LogP contribution in [0.2, 0.25) is 0 Å². The van der Waals surface area contributed by atoms with E-state index in [4.69, 9.17) is 5.11 Å². The van der Waals surface area contributed by atoms with Crippen LogP contribution in [0.4, 0.5) is 0 Å². The Labute approximate surface area is 92.9 Å². The predicted molar refractivity (Wildman–Crippen MR) is 60.2 cm³/mol. The minimum Gasteiger partial charge on any atom is -0.395 e. The van der Waals surface area contributed by atoms with Crippen LogP contribution in [0.25, 0.3) is 0 Å². The van der Waals surface area contributed by atoms with Crippen LogP contribution in [0.1, 0.15) is 5.56 Å². The van der Waals surface area contributed by atoms with Crippen LogP contribution in [0.15, 0.2) is 28.7 Å². The molecule has 0 saturated carbocycles. The Morgan fingerprint density at radius 2 is 2.00 bits per heavy atom. The molecule has 1 aromatic rings. The van der Waals surface area contributed by atoms with Crippen molar-refractivity contribution in [2.75, 3.05) is 13.2 Å². The van der Waals surface area contributed by atoms with Crippen LogP contribution in [0.5, 0.6) is 0 Å². The topological polar surface area (TPSA) is 32.3 Å². The van der Waals surface area contributed by atoms with Crippen molar-refractivity contribution in [2.45, 2.75) is 6.54 Å². The molecule has 4 heteroatoms. The van der Waals surface area contributed by atoms with E-state index in [2.05, 4.69) is 27.3 Å². The van der Waals surface area contributed by atoms with Crippen LogP contribution < -0.4 is 5.32 Å². The summed E-state index contributed by atoms with van der Waals surface area (Å²) in [6.07, 6.45) is 0. The van der Waals surface area contributed by atoms with Crippen molar-refractivity contribution in [3.63, 3.8) is 0 Å². The maximum atomic E-state index is 8.54. The summed E-state index contributed by atoms with van der Waals surface area (Å²) < 4.78 is 1.11. The number of nitrogens with one attached hydrogen (secondary N) is 1. The minimum atomic E-state index is 0. The Hall–Kier alpha value is -0.0900. The lowest BCUT2D eigenvalue weighted by atomic mass is 10.2. The van der Waals surface area contributed by atoms with E-state index in [9.17, 15) is 0 Å². The highest BCUT2D eigenvalue weighted by atomic mass is 79.9. The van der Waals surface area contributed by atoms with Crippen molar-refractivity contribution in [3.05, 3.63) is 34.3 Å². The lowest BCUT2D eigenvalue weighted by Crippen LogP contribution is -2.17. The van der Waals surface area contributed by atoms with Crippen LogP contribution >= 0.6 is 28.3 Å². The minimum absolute atomic E-state index is 0. The Morgan fingerprint density at radius 1 is 1.31 bits per heavy atom. The highest BCUT2D eigenvalue weighted by Crippen LogP contribution is 2.14. The molecule has 2 nitrogen and oxygen atoms in total. The van der Waals surface area contributed by atoms with Gasteiger partial charge < -0.3 is 10.4 Å². The first kappa shape index (κ1) is 12.9. The van der Waals surface area contributed by atoms with Gasteiger partial charge in [-0.15, -0.1) is 12.4 Å². The molecule has 0 heterocycles. The highest BCUT2D eigenvalue weighted by Gasteiger charge is 1.95. The van der Waals surface area contributed by atoms with Crippen molar-refractivity contribution < 1.29 is 5.11 Å². The zero-order chi connectivity index (χ0) is 8.81. The van der Waals surface area contributed by atoms with E-state index in [1.807, 2.05) is 18.2 Å². The molecule has 1 rings (SSSR count). The number of hydrogen-bond acceptors (Lipinski definition) is 2. The first-order valence-electron chi connectivity index (χ1n) is 3.89. The summed E-state index contributed by atoms with van der Waals surface area (Å²) in [5.41, 5.74) is 1.21. The maximum absolute atomic E-state index is 8.54. The fraction of sp³-hybridized carbons (Fsp3) is 0.333. The van der Waals surface area contributed by atoms with Gasteiger partial charge in [0, 0.05) is 17.6 Å². The zero-order valence-electron chi connectivity index (χ0n) is 7.16. The molecular formula is C9H13BrClNO. The van der Waals surface area contributed by atoms with Crippen molar-refractivity contribution in [1.82, 2.24) is 5.32 Å². The fourth-order valence-electron chi connectivity index (χ4n) is 0.944. The zero-order valence-corrected chi connectivity index (χ0v) is 9.57. The monoisotopic (exact) mass is 265 g/mol. The summed E-state index contributed by atoms with van der Waals surface area (Å²) >= 11 is 3.45. The molecular weight excluding hydrogens is 253 g/mol. The van der Waals surface area contributed by atoms with Gasteiger partial charge in [0.25, 0.3) is 0 Å². The van der Waals surface area contributed by atoms with Gasteiger partial charge in [0.1, 0.15) is 0 Å². The highest BCUT2D eigenvalue weighted by molar-refractivity contribution is 9.10. The lowest BCUT2D eigenvalue weighted by Gasteiger charge is -2.04. The van der Waals surface area contributed by atoms with E-state index < -0.39 is 0 Å². The Balaban J connectivity index is 0.00000144. The maximum Gasteiger partial charge on any atom is 0.0556 e. The number of halogens is 2. The van der Waals surface area contributed by atoms with Gasteiger partial charge in [-0.3, -0.25) is 0 Å². The van der Waals surface area contributed by atoms with E-state index >= 15 is 0 Å². The molecule has 1 aromatic carbocycles. The van der Waals surface area contributed by atoms with E-state index in [1.54, 1.807) is 0 Å². The average molecular weight is 267 g/mol. The molecule has 13 heavy (non-hydrogen) atoms. The normalized spacial score (nSPS) is 9.38. The second-order valence-corrected chi connectivity index (χ2v) is 3.35. The van der Waals surface area contributed by atoms with Gasteiger partial charge in [0.05, 0.1) is 6.61 Å². The summed E-state index contributed by atoms with van der Waals surface area (Å²) in [6.45, 7) is 1.62. The van der Waals surface area contributed by atoms with Crippen LogP contribution in [-0.4, -0.2) is 18.3 Å². The molecule has 0 bridgehead atoms. The van der Waals surface area contributed by atoms with Gasteiger partial charge in [0.15, 0.2) is 0 Å². The molecule has 0 unspecified atom stereocenters.